The highest BCUT2D eigenvalue weighted by molar-refractivity contribution is 9.10. The molecule has 1 heterocycles. The third kappa shape index (κ3) is 4.87. The predicted octanol–water partition coefficient (Wildman–Crippen LogP) is 3.05. The van der Waals surface area contributed by atoms with Crippen molar-refractivity contribution in [3.05, 3.63) is 51.8 Å². The lowest BCUT2D eigenvalue weighted by Gasteiger charge is -2.18. The quantitative estimate of drug-likeness (QED) is 0.759. The maximum atomic E-state index is 12.2. The first kappa shape index (κ1) is 18.1. The Morgan fingerprint density at radius 1 is 1.22 bits per heavy atom. The molecule has 1 aromatic heterocycles. The maximum absolute atomic E-state index is 12.2. The molecule has 1 aromatic carbocycles. The Morgan fingerprint density at radius 2 is 1.96 bits per heavy atom. The molecule has 0 saturated heterocycles. The molecule has 0 aliphatic carbocycles. The Labute approximate surface area is 148 Å². The monoisotopic (exact) mass is 416 g/mol. The van der Waals surface area contributed by atoms with Crippen molar-refractivity contribution in [2.75, 3.05) is 0 Å². The first-order chi connectivity index (χ1) is 10.8. The SMILES string of the molecule is CC(NS(=O)(=O)c1cccs1)C(=O)NC(C)c1cccc(Br)c1. The standard InChI is InChI=1S/C15H17BrN2O3S2/c1-10(12-5-3-6-13(16)9-12)17-15(19)11(2)18-23(20,21)14-7-4-8-22-14/h3-11,18H,1-2H3,(H,17,19). The zero-order valence-electron chi connectivity index (χ0n) is 12.6. The summed E-state index contributed by atoms with van der Waals surface area (Å²) in [6.45, 7) is 3.37. The van der Waals surface area contributed by atoms with Crippen LogP contribution in [0.15, 0.2) is 50.5 Å². The second kappa shape index (κ2) is 7.57. The van der Waals surface area contributed by atoms with E-state index in [9.17, 15) is 13.2 Å². The molecule has 0 spiro atoms. The molecule has 0 radical (unpaired) electrons. The first-order valence-corrected chi connectivity index (χ1v) is 10.1. The summed E-state index contributed by atoms with van der Waals surface area (Å²) in [5, 5.41) is 4.48. The van der Waals surface area contributed by atoms with Crippen LogP contribution in [0.5, 0.6) is 0 Å². The minimum absolute atomic E-state index is 0.192. The molecule has 0 aliphatic rings. The third-order valence-electron chi connectivity index (χ3n) is 3.19. The highest BCUT2D eigenvalue weighted by Gasteiger charge is 2.23. The van der Waals surface area contributed by atoms with Gasteiger partial charge in [0.1, 0.15) is 4.21 Å². The Hall–Kier alpha value is -1.22. The first-order valence-electron chi connectivity index (χ1n) is 6.91. The summed E-state index contributed by atoms with van der Waals surface area (Å²) >= 11 is 4.49. The summed E-state index contributed by atoms with van der Waals surface area (Å²) in [4.78, 5) is 12.2. The average Bonchev–Trinajstić information content (AvgIpc) is 3.01. The number of carbonyl (C=O) groups is 1. The Balaban J connectivity index is 2.00. The normalized spacial score (nSPS) is 14.2. The van der Waals surface area contributed by atoms with Gasteiger partial charge in [0.05, 0.1) is 12.1 Å². The van der Waals surface area contributed by atoms with Crippen LogP contribution in [-0.2, 0) is 14.8 Å². The summed E-state index contributed by atoms with van der Waals surface area (Å²) < 4.78 is 27.7. The largest absolute Gasteiger partial charge is 0.348 e. The number of thiophene rings is 1. The fourth-order valence-electron chi connectivity index (χ4n) is 1.96. The Morgan fingerprint density at radius 3 is 2.57 bits per heavy atom. The minimum Gasteiger partial charge on any atom is -0.348 e. The lowest BCUT2D eigenvalue weighted by molar-refractivity contribution is -0.123. The molecule has 2 N–H and O–H groups in total. The highest BCUT2D eigenvalue weighted by Crippen LogP contribution is 2.18. The van der Waals surface area contributed by atoms with E-state index in [1.807, 2.05) is 31.2 Å². The van der Waals surface area contributed by atoms with Gasteiger partial charge in [-0.25, -0.2) is 8.42 Å². The van der Waals surface area contributed by atoms with E-state index in [2.05, 4.69) is 26.0 Å². The van der Waals surface area contributed by atoms with Crippen molar-refractivity contribution in [1.29, 1.82) is 0 Å². The number of hydrogen-bond acceptors (Lipinski definition) is 4. The van der Waals surface area contributed by atoms with Gasteiger partial charge < -0.3 is 5.32 Å². The molecule has 2 atom stereocenters. The second-order valence-corrected chi connectivity index (χ2v) is 8.86. The van der Waals surface area contributed by atoms with Crippen molar-refractivity contribution in [3.8, 4) is 0 Å². The minimum atomic E-state index is -3.67. The summed E-state index contributed by atoms with van der Waals surface area (Å²) in [7, 11) is -3.67. The molecule has 124 valence electrons. The van der Waals surface area contributed by atoms with Crippen LogP contribution in [0, 0.1) is 0 Å². The van der Waals surface area contributed by atoms with Crippen LogP contribution in [0.4, 0.5) is 0 Å². The topological polar surface area (TPSA) is 75.3 Å². The van der Waals surface area contributed by atoms with Crippen molar-refractivity contribution >= 4 is 43.2 Å². The number of benzene rings is 1. The molecule has 23 heavy (non-hydrogen) atoms. The van der Waals surface area contributed by atoms with Crippen LogP contribution in [0.1, 0.15) is 25.5 Å². The van der Waals surface area contributed by atoms with E-state index >= 15 is 0 Å². The van der Waals surface area contributed by atoms with Crippen LogP contribution < -0.4 is 10.0 Å². The van der Waals surface area contributed by atoms with Crippen molar-refractivity contribution in [3.63, 3.8) is 0 Å². The van der Waals surface area contributed by atoms with Gasteiger partial charge in [-0.3, -0.25) is 4.79 Å². The van der Waals surface area contributed by atoms with Crippen LogP contribution in [0.2, 0.25) is 0 Å². The number of rotatable bonds is 6. The van der Waals surface area contributed by atoms with Crippen LogP contribution in [0.3, 0.4) is 0 Å². The molecule has 0 saturated carbocycles. The summed E-state index contributed by atoms with van der Waals surface area (Å²) in [6.07, 6.45) is 0. The number of hydrogen-bond donors (Lipinski definition) is 2. The smallest absolute Gasteiger partial charge is 0.250 e. The van der Waals surface area contributed by atoms with Crippen molar-refractivity contribution in [1.82, 2.24) is 10.0 Å². The summed E-state index contributed by atoms with van der Waals surface area (Å²) in [5.74, 6) is -0.377. The molecule has 8 heteroatoms. The molecular weight excluding hydrogens is 400 g/mol. The van der Waals surface area contributed by atoms with E-state index < -0.39 is 16.1 Å². The van der Waals surface area contributed by atoms with Crippen LogP contribution >= 0.6 is 27.3 Å². The van der Waals surface area contributed by atoms with Crippen LogP contribution in [-0.4, -0.2) is 20.4 Å². The van der Waals surface area contributed by atoms with Gasteiger partial charge in [0.25, 0.3) is 10.0 Å². The van der Waals surface area contributed by atoms with Gasteiger partial charge in [-0.1, -0.05) is 34.1 Å². The molecule has 0 aliphatic heterocycles. The highest BCUT2D eigenvalue weighted by atomic mass is 79.9. The fourth-order valence-corrected chi connectivity index (χ4v) is 4.59. The third-order valence-corrected chi connectivity index (χ3v) is 6.62. The number of amides is 1. The molecule has 2 rings (SSSR count). The van der Waals surface area contributed by atoms with Crippen molar-refractivity contribution in [2.45, 2.75) is 30.1 Å². The average molecular weight is 417 g/mol. The van der Waals surface area contributed by atoms with Crippen molar-refractivity contribution < 1.29 is 13.2 Å². The summed E-state index contributed by atoms with van der Waals surface area (Å²) in [5.41, 5.74) is 0.932. The lowest BCUT2D eigenvalue weighted by Crippen LogP contribution is -2.45. The van der Waals surface area contributed by atoms with Gasteiger partial charge in [-0.05, 0) is 43.0 Å². The number of halogens is 1. The maximum Gasteiger partial charge on any atom is 0.250 e. The number of carbonyl (C=O) groups excluding carboxylic acids is 1. The predicted molar refractivity (Wildman–Crippen MR) is 94.8 cm³/mol. The van der Waals surface area contributed by atoms with E-state index in [1.165, 1.54) is 13.0 Å². The Kier molecular flexibility index (Phi) is 5.96. The molecule has 5 nitrogen and oxygen atoms in total. The second-order valence-electron chi connectivity index (χ2n) is 5.06. The van der Waals surface area contributed by atoms with E-state index in [4.69, 9.17) is 0 Å². The molecule has 0 fully saturated rings. The molecular formula is C15H17BrN2O3S2. The van der Waals surface area contributed by atoms with Gasteiger partial charge in [-0.2, -0.15) is 4.72 Å². The Bertz CT molecular complexity index is 776. The summed E-state index contributed by atoms with van der Waals surface area (Å²) in [6, 6.07) is 9.65. The fraction of sp³-hybridized carbons (Fsp3) is 0.267. The zero-order chi connectivity index (χ0) is 17.0. The number of nitrogens with one attached hydrogen (secondary N) is 2. The van der Waals surface area contributed by atoms with Gasteiger partial charge in [0.15, 0.2) is 0 Å². The molecule has 2 aromatic rings. The molecule has 1 amide bonds. The van der Waals surface area contributed by atoms with Gasteiger partial charge in [0, 0.05) is 4.47 Å². The van der Waals surface area contributed by atoms with Gasteiger partial charge in [-0.15, -0.1) is 11.3 Å². The van der Waals surface area contributed by atoms with E-state index in [0.717, 1.165) is 21.4 Å². The number of sulfonamides is 1. The lowest BCUT2D eigenvalue weighted by atomic mass is 10.1. The van der Waals surface area contributed by atoms with E-state index in [0.29, 0.717) is 0 Å². The van der Waals surface area contributed by atoms with E-state index in [-0.39, 0.29) is 16.2 Å². The van der Waals surface area contributed by atoms with E-state index in [1.54, 1.807) is 11.4 Å². The zero-order valence-corrected chi connectivity index (χ0v) is 15.8. The van der Waals surface area contributed by atoms with Crippen molar-refractivity contribution in [2.24, 2.45) is 0 Å². The molecule has 2 unspecified atom stereocenters. The van der Waals surface area contributed by atoms with Gasteiger partial charge in [0.2, 0.25) is 5.91 Å². The van der Waals surface area contributed by atoms with Crippen LogP contribution in [0.25, 0.3) is 0 Å². The molecule has 0 bridgehead atoms. The van der Waals surface area contributed by atoms with Gasteiger partial charge >= 0.3 is 0 Å².